The van der Waals surface area contributed by atoms with Crippen LogP contribution >= 0.6 is 27.3 Å². The maximum absolute atomic E-state index is 6.13. The Hall–Kier alpha value is -0.840. The van der Waals surface area contributed by atoms with E-state index in [1.165, 1.54) is 10.4 Å². The summed E-state index contributed by atoms with van der Waals surface area (Å²) in [6.07, 6.45) is 1.76. The van der Waals surface area contributed by atoms with Crippen molar-refractivity contribution in [2.45, 2.75) is 25.8 Å². The molecule has 0 spiro atoms. The molecule has 0 bridgehead atoms. The molecule has 1 heterocycles. The van der Waals surface area contributed by atoms with E-state index in [1.54, 1.807) is 11.3 Å². The first-order chi connectivity index (χ1) is 9.15. The van der Waals surface area contributed by atoms with Crippen molar-refractivity contribution >= 4 is 27.3 Å². The molecule has 2 aromatic rings. The summed E-state index contributed by atoms with van der Waals surface area (Å²) in [5.74, 6) is 0.921. The largest absolute Gasteiger partial charge is 0.494 e. The fraction of sp³-hybridized carbons (Fsp3) is 0.333. The van der Waals surface area contributed by atoms with Gasteiger partial charge in [0, 0.05) is 15.4 Å². The van der Waals surface area contributed by atoms with E-state index in [1.807, 2.05) is 18.2 Å². The normalized spacial score (nSPS) is 12.4. The molecule has 0 aliphatic carbocycles. The van der Waals surface area contributed by atoms with Crippen molar-refractivity contribution in [3.8, 4) is 5.75 Å². The molecule has 0 aliphatic heterocycles. The van der Waals surface area contributed by atoms with E-state index in [0.29, 0.717) is 6.61 Å². The Labute approximate surface area is 126 Å². The second-order valence-corrected chi connectivity index (χ2v) is 6.46. The van der Waals surface area contributed by atoms with Crippen molar-refractivity contribution in [1.82, 2.24) is 0 Å². The van der Waals surface area contributed by atoms with Crippen LogP contribution in [0.5, 0.6) is 5.75 Å². The molecule has 0 radical (unpaired) electrons. The first kappa shape index (κ1) is 14.6. The topological polar surface area (TPSA) is 35.2 Å². The number of ether oxygens (including phenoxy) is 1. The Morgan fingerprint density at radius 3 is 2.89 bits per heavy atom. The van der Waals surface area contributed by atoms with Crippen LogP contribution in [0.1, 0.15) is 16.9 Å². The van der Waals surface area contributed by atoms with Gasteiger partial charge in [0.1, 0.15) is 5.75 Å². The molecule has 0 saturated heterocycles. The minimum atomic E-state index is 0.139. The van der Waals surface area contributed by atoms with Crippen LogP contribution in [0, 0.1) is 6.92 Å². The fourth-order valence-corrected chi connectivity index (χ4v) is 3.45. The van der Waals surface area contributed by atoms with E-state index in [2.05, 4.69) is 40.4 Å². The quantitative estimate of drug-likeness (QED) is 0.857. The summed E-state index contributed by atoms with van der Waals surface area (Å²) in [4.78, 5) is 1.31. The van der Waals surface area contributed by atoms with Gasteiger partial charge in [0.15, 0.2) is 0 Å². The highest BCUT2D eigenvalue weighted by atomic mass is 79.9. The fourth-order valence-electron chi connectivity index (χ4n) is 1.84. The monoisotopic (exact) mass is 339 g/mol. The molecule has 4 heteroatoms. The van der Waals surface area contributed by atoms with Crippen molar-refractivity contribution in [3.05, 3.63) is 50.6 Å². The van der Waals surface area contributed by atoms with Gasteiger partial charge in [0.2, 0.25) is 0 Å². The number of benzene rings is 1. The highest BCUT2D eigenvalue weighted by molar-refractivity contribution is 9.10. The first-order valence-electron chi connectivity index (χ1n) is 6.32. The van der Waals surface area contributed by atoms with Crippen LogP contribution in [0.4, 0.5) is 0 Å². The number of hydrogen-bond donors (Lipinski definition) is 1. The number of hydrogen-bond acceptors (Lipinski definition) is 3. The van der Waals surface area contributed by atoms with Gasteiger partial charge in [-0.3, -0.25) is 0 Å². The van der Waals surface area contributed by atoms with Gasteiger partial charge in [-0.15, -0.1) is 11.3 Å². The standard InChI is InChI=1S/C15H18BrNOS/c1-11-3-2-4-13(9-11)18-7-5-12(17)10-15-14(16)6-8-19-15/h2-4,6,8-9,12H,5,7,10,17H2,1H3. The second-order valence-electron chi connectivity index (χ2n) is 4.61. The van der Waals surface area contributed by atoms with Crippen LogP contribution in [0.25, 0.3) is 0 Å². The van der Waals surface area contributed by atoms with Gasteiger partial charge in [0.25, 0.3) is 0 Å². The molecule has 2 rings (SSSR count). The number of halogens is 1. The SMILES string of the molecule is Cc1cccc(OCCC(N)Cc2sccc2Br)c1. The van der Waals surface area contributed by atoms with Crippen LogP contribution in [0.15, 0.2) is 40.2 Å². The first-order valence-corrected chi connectivity index (χ1v) is 7.99. The second kappa shape index (κ2) is 7.08. The smallest absolute Gasteiger partial charge is 0.119 e. The van der Waals surface area contributed by atoms with E-state index in [4.69, 9.17) is 10.5 Å². The lowest BCUT2D eigenvalue weighted by Crippen LogP contribution is -2.25. The van der Waals surface area contributed by atoms with Gasteiger partial charge >= 0.3 is 0 Å². The van der Waals surface area contributed by atoms with E-state index in [9.17, 15) is 0 Å². The van der Waals surface area contributed by atoms with Crippen molar-refractivity contribution in [3.63, 3.8) is 0 Å². The van der Waals surface area contributed by atoms with Crippen LogP contribution in [-0.2, 0) is 6.42 Å². The molecule has 0 amide bonds. The molecular weight excluding hydrogens is 322 g/mol. The third kappa shape index (κ3) is 4.64. The number of thiophene rings is 1. The summed E-state index contributed by atoms with van der Waals surface area (Å²) < 4.78 is 6.88. The third-order valence-electron chi connectivity index (χ3n) is 2.89. The van der Waals surface area contributed by atoms with Crippen LogP contribution in [0.3, 0.4) is 0 Å². The van der Waals surface area contributed by atoms with E-state index in [0.717, 1.165) is 23.1 Å². The summed E-state index contributed by atoms with van der Waals surface area (Å²) in [6, 6.07) is 10.3. The molecule has 2 N–H and O–H groups in total. The predicted molar refractivity (Wildman–Crippen MR) is 85.0 cm³/mol. The summed E-state index contributed by atoms with van der Waals surface area (Å²) in [5, 5.41) is 2.08. The van der Waals surface area contributed by atoms with E-state index < -0.39 is 0 Å². The Morgan fingerprint density at radius 1 is 1.37 bits per heavy atom. The minimum Gasteiger partial charge on any atom is -0.494 e. The summed E-state index contributed by atoms with van der Waals surface area (Å²) in [5.41, 5.74) is 7.35. The zero-order chi connectivity index (χ0) is 13.7. The Balaban J connectivity index is 1.75. The zero-order valence-electron chi connectivity index (χ0n) is 10.9. The van der Waals surface area contributed by atoms with Crippen molar-refractivity contribution < 1.29 is 4.74 Å². The van der Waals surface area contributed by atoms with Gasteiger partial charge in [-0.1, -0.05) is 12.1 Å². The summed E-state index contributed by atoms with van der Waals surface area (Å²) in [6.45, 7) is 2.72. The molecule has 1 atom stereocenters. The van der Waals surface area contributed by atoms with Gasteiger partial charge < -0.3 is 10.5 Å². The molecule has 2 nitrogen and oxygen atoms in total. The Bertz CT molecular complexity index is 526. The van der Waals surface area contributed by atoms with Gasteiger partial charge in [0.05, 0.1) is 6.61 Å². The van der Waals surface area contributed by atoms with Crippen molar-refractivity contribution in [1.29, 1.82) is 0 Å². The van der Waals surface area contributed by atoms with Crippen LogP contribution in [0.2, 0.25) is 0 Å². The average molecular weight is 340 g/mol. The molecule has 1 aromatic heterocycles. The number of aryl methyl sites for hydroxylation is 1. The lowest BCUT2D eigenvalue weighted by molar-refractivity contribution is 0.297. The maximum atomic E-state index is 6.13. The molecular formula is C15H18BrNOS. The van der Waals surface area contributed by atoms with E-state index in [-0.39, 0.29) is 6.04 Å². The summed E-state index contributed by atoms with van der Waals surface area (Å²) in [7, 11) is 0. The predicted octanol–water partition coefficient (Wildman–Crippen LogP) is 4.16. The van der Waals surface area contributed by atoms with Gasteiger partial charge in [-0.05, 0) is 64.8 Å². The molecule has 1 unspecified atom stereocenters. The third-order valence-corrected chi connectivity index (χ3v) is 4.83. The highest BCUT2D eigenvalue weighted by Gasteiger charge is 2.08. The van der Waals surface area contributed by atoms with Gasteiger partial charge in [-0.2, -0.15) is 0 Å². The lowest BCUT2D eigenvalue weighted by Gasteiger charge is -2.12. The maximum Gasteiger partial charge on any atom is 0.119 e. The molecule has 19 heavy (non-hydrogen) atoms. The van der Waals surface area contributed by atoms with Gasteiger partial charge in [-0.25, -0.2) is 0 Å². The molecule has 0 saturated carbocycles. The minimum absolute atomic E-state index is 0.139. The number of nitrogens with two attached hydrogens (primary N) is 1. The number of rotatable bonds is 6. The molecule has 1 aromatic carbocycles. The highest BCUT2D eigenvalue weighted by Crippen LogP contribution is 2.24. The lowest BCUT2D eigenvalue weighted by atomic mass is 10.1. The van der Waals surface area contributed by atoms with Crippen molar-refractivity contribution in [2.75, 3.05) is 6.61 Å². The van der Waals surface area contributed by atoms with Crippen LogP contribution < -0.4 is 10.5 Å². The van der Waals surface area contributed by atoms with Crippen LogP contribution in [-0.4, -0.2) is 12.6 Å². The zero-order valence-corrected chi connectivity index (χ0v) is 13.3. The summed E-state index contributed by atoms with van der Waals surface area (Å²) >= 11 is 5.27. The Morgan fingerprint density at radius 2 is 2.21 bits per heavy atom. The molecule has 0 fully saturated rings. The average Bonchev–Trinajstić information content (AvgIpc) is 2.75. The van der Waals surface area contributed by atoms with Crippen molar-refractivity contribution in [2.24, 2.45) is 5.73 Å². The molecule has 0 aliphatic rings. The Kier molecular flexibility index (Phi) is 5.43. The van der Waals surface area contributed by atoms with E-state index >= 15 is 0 Å². The molecule has 102 valence electrons.